The van der Waals surface area contributed by atoms with E-state index in [1.54, 1.807) is 18.0 Å². The molecular formula is C12H19NO2S. The van der Waals surface area contributed by atoms with Gasteiger partial charge < -0.3 is 9.84 Å². The van der Waals surface area contributed by atoms with Crippen molar-refractivity contribution in [1.82, 2.24) is 0 Å². The number of aliphatic imine (C=N–C) groups is 1. The van der Waals surface area contributed by atoms with Crippen LogP contribution >= 0.6 is 11.8 Å². The molecule has 0 aliphatic carbocycles. The lowest BCUT2D eigenvalue weighted by molar-refractivity contribution is 0.0490. The van der Waals surface area contributed by atoms with Crippen LogP contribution < -0.4 is 0 Å². The quantitative estimate of drug-likeness (QED) is 0.696. The minimum absolute atomic E-state index is 0.413. The van der Waals surface area contributed by atoms with Gasteiger partial charge in [0.15, 0.2) is 0 Å². The maximum Gasteiger partial charge on any atom is 0.0923 e. The Morgan fingerprint density at radius 3 is 3.31 bits per heavy atom. The maximum absolute atomic E-state index is 9.64. The Morgan fingerprint density at radius 2 is 2.50 bits per heavy atom. The van der Waals surface area contributed by atoms with Gasteiger partial charge in [0.25, 0.3) is 0 Å². The molecule has 0 spiro atoms. The van der Waals surface area contributed by atoms with Crippen LogP contribution in [0.2, 0.25) is 0 Å². The van der Waals surface area contributed by atoms with Crippen molar-refractivity contribution in [3.63, 3.8) is 0 Å². The van der Waals surface area contributed by atoms with Gasteiger partial charge in [0.1, 0.15) is 0 Å². The van der Waals surface area contributed by atoms with Crippen LogP contribution in [0.15, 0.2) is 28.2 Å². The summed E-state index contributed by atoms with van der Waals surface area (Å²) < 4.78 is 5.28. The highest BCUT2D eigenvalue weighted by Gasteiger charge is 2.06. The lowest BCUT2D eigenvalue weighted by Gasteiger charge is -2.10. The number of nitrogens with zero attached hydrogens (tertiary/aromatic N) is 1. The average molecular weight is 241 g/mol. The molecule has 0 amide bonds. The van der Waals surface area contributed by atoms with Crippen molar-refractivity contribution in [2.45, 2.75) is 25.9 Å². The van der Waals surface area contributed by atoms with Crippen molar-refractivity contribution in [3.8, 4) is 0 Å². The smallest absolute Gasteiger partial charge is 0.0923 e. The molecule has 0 bridgehead atoms. The normalized spacial score (nSPS) is 17.0. The third-order valence-electron chi connectivity index (χ3n) is 1.93. The Hall–Kier alpha value is -0.580. The topological polar surface area (TPSA) is 41.8 Å². The van der Waals surface area contributed by atoms with E-state index in [9.17, 15) is 5.11 Å². The summed E-state index contributed by atoms with van der Waals surface area (Å²) >= 11 is 1.57. The zero-order valence-corrected chi connectivity index (χ0v) is 10.4. The molecular weight excluding hydrogens is 222 g/mol. The monoisotopic (exact) mass is 241 g/mol. The van der Waals surface area contributed by atoms with E-state index in [2.05, 4.69) is 24.1 Å². The van der Waals surface area contributed by atoms with Crippen LogP contribution in [0.5, 0.6) is 0 Å². The maximum atomic E-state index is 9.64. The minimum Gasteiger partial charge on any atom is -0.390 e. The second-order valence-electron chi connectivity index (χ2n) is 3.52. The van der Waals surface area contributed by atoms with Crippen molar-refractivity contribution in [3.05, 3.63) is 23.3 Å². The van der Waals surface area contributed by atoms with E-state index in [1.807, 2.05) is 6.08 Å². The molecule has 1 rings (SSSR count). The van der Waals surface area contributed by atoms with E-state index in [1.165, 1.54) is 0 Å². The van der Waals surface area contributed by atoms with Crippen molar-refractivity contribution < 1.29 is 9.84 Å². The fourth-order valence-corrected chi connectivity index (χ4v) is 1.98. The van der Waals surface area contributed by atoms with E-state index in [4.69, 9.17) is 4.74 Å². The van der Waals surface area contributed by atoms with Gasteiger partial charge in [-0.15, -0.1) is 11.8 Å². The van der Waals surface area contributed by atoms with Gasteiger partial charge in [-0.05, 0) is 25.0 Å². The fraction of sp³-hybridized carbons (Fsp3) is 0.583. The van der Waals surface area contributed by atoms with Crippen LogP contribution in [0, 0.1) is 0 Å². The lowest BCUT2D eigenvalue weighted by atomic mass is 10.4. The van der Waals surface area contributed by atoms with Gasteiger partial charge >= 0.3 is 0 Å². The van der Waals surface area contributed by atoms with Crippen LogP contribution in [-0.2, 0) is 4.74 Å². The van der Waals surface area contributed by atoms with Crippen LogP contribution in [-0.4, -0.2) is 36.4 Å². The molecule has 1 aliphatic rings. The first-order chi connectivity index (χ1) is 7.83. The van der Waals surface area contributed by atoms with Gasteiger partial charge in [-0.3, -0.25) is 4.99 Å². The highest BCUT2D eigenvalue weighted by atomic mass is 32.2. The van der Waals surface area contributed by atoms with Crippen LogP contribution in [0.3, 0.4) is 0 Å². The lowest BCUT2D eigenvalue weighted by Crippen LogP contribution is -2.18. The molecule has 0 saturated heterocycles. The zero-order valence-electron chi connectivity index (χ0n) is 9.63. The Bertz CT molecular complexity index is 274. The highest BCUT2D eigenvalue weighted by molar-refractivity contribution is 8.03. The predicted octanol–water partition coefficient (Wildman–Crippen LogP) is 2.38. The Kier molecular flexibility index (Phi) is 7.21. The van der Waals surface area contributed by atoms with Crippen LogP contribution in [0.4, 0.5) is 0 Å². The van der Waals surface area contributed by atoms with Crippen LogP contribution in [0.1, 0.15) is 19.8 Å². The molecule has 90 valence electrons. The zero-order chi connectivity index (χ0) is 11.6. The molecule has 0 aromatic heterocycles. The summed E-state index contributed by atoms with van der Waals surface area (Å²) in [7, 11) is 0. The van der Waals surface area contributed by atoms with Crippen LogP contribution in [0.25, 0.3) is 0 Å². The van der Waals surface area contributed by atoms with Crippen molar-refractivity contribution >= 4 is 18.0 Å². The summed E-state index contributed by atoms with van der Waals surface area (Å²) in [4.78, 5) is 4.25. The van der Waals surface area contributed by atoms with Gasteiger partial charge in [0.2, 0.25) is 0 Å². The van der Waals surface area contributed by atoms with E-state index < -0.39 is 6.10 Å². The highest BCUT2D eigenvalue weighted by Crippen LogP contribution is 2.19. The number of ether oxygens (including phenoxy) is 1. The van der Waals surface area contributed by atoms with Crippen molar-refractivity contribution in [1.29, 1.82) is 0 Å². The average Bonchev–Trinajstić information content (AvgIpc) is 2.55. The van der Waals surface area contributed by atoms with Gasteiger partial charge in [-0.25, -0.2) is 0 Å². The Morgan fingerprint density at radius 1 is 1.62 bits per heavy atom. The molecule has 1 N–H and O–H groups in total. The summed E-state index contributed by atoms with van der Waals surface area (Å²) in [6.07, 6.45) is 9.31. The van der Waals surface area contributed by atoms with Gasteiger partial charge in [-0.2, -0.15) is 0 Å². The molecule has 1 aliphatic heterocycles. The second-order valence-corrected chi connectivity index (χ2v) is 4.56. The van der Waals surface area contributed by atoms with E-state index >= 15 is 0 Å². The first-order valence-corrected chi connectivity index (χ1v) is 6.59. The molecule has 1 atom stereocenters. The molecule has 1 unspecified atom stereocenters. The number of rotatable bonds is 7. The summed E-state index contributed by atoms with van der Waals surface area (Å²) in [6, 6.07) is 0. The molecule has 0 saturated carbocycles. The fourth-order valence-electron chi connectivity index (χ4n) is 1.17. The SMILES string of the molecule is CCCOCC(O)CSC1=CCC=CC=N1. The second kappa shape index (κ2) is 8.56. The summed E-state index contributed by atoms with van der Waals surface area (Å²) in [5.41, 5.74) is 0. The number of allylic oxidation sites excluding steroid dienone is 3. The molecule has 0 aromatic rings. The third kappa shape index (κ3) is 6.10. The number of hydrogen-bond acceptors (Lipinski definition) is 4. The first kappa shape index (κ1) is 13.5. The van der Waals surface area contributed by atoms with E-state index in [0.717, 1.165) is 17.9 Å². The molecule has 0 aromatic carbocycles. The van der Waals surface area contributed by atoms with Gasteiger partial charge in [0.05, 0.1) is 17.7 Å². The molecule has 0 fully saturated rings. The largest absolute Gasteiger partial charge is 0.390 e. The number of aliphatic hydroxyl groups is 1. The van der Waals surface area contributed by atoms with E-state index in [0.29, 0.717) is 19.0 Å². The standard InChI is InChI=1S/C12H19NO2S/c1-2-8-15-9-11(14)10-16-12-6-4-3-5-7-13-12/h3,5-7,11,14H,2,4,8-10H2,1H3. The van der Waals surface area contributed by atoms with E-state index in [-0.39, 0.29) is 0 Å². The molecule has 16 heavy (non-hydrogen) atoms. The number of aliphatic hydroxyl groups excluding tert-OH is 1. The predicted molar refractivity (Wildman–Crippen MR) is 69.9 cm³/mol. The number of hydrogen-bond donors (Lipinski definition) is 1. The van der Waals surface area contributed by atoms with Crippen molar-refractivity contribution in [2.24, 2.45) is 4.99 Å². The Labute approximate surface area is 101 Å². The molecule has 1 heterocycles. The van der Waals surface area contributed by atoms with Gasteiger partial charge in [-0.1, -0.05) is 13.0 Å². The molecule has 4 heteroatoms. The number of thioether (sulfide) groups is 1. The van der Waals surface area contributed by atoms with Crippen molar-refractivity contribution in [2.75, 3.05) is 19.0 Å². The summed E-state index contributed by atoms with van der Waals surface area (Å²) in [6.45, 7) is 3.18. The minimum atomic E-state index is -0.413. The third-order valence-corrected chi connectivity index (χ3v) is 3.05. The summed E-state index contributed by atoms with van der Waals surface area (Å²) in [5, 5.41) is 10.6. The Balaban J connectivity index is 2.16. The first-order valence-electron chi connectivity index (χ1n) is 5.61. The molecule has 3 nitrogen and oxygen atoms in total. The molecule has 0 radical (unpaired) electrons. The summed E-state index contributed by atoms with van der Waals surface area (Å²) in [5.74, 6) is 0.632. The van der Waals surface area contributed by atoms with Gasteiger partial charge in [0, 0.05) is 18.6 Å².